The number of hydrogen-bond donors (Lipinski definition) is 0. The van der Waals surface area contributed by atoms with E-state index in [2.05, 4.69) is 85.8 Å². The van der Waals surface area contributed by atoms with Gasteiger partial charge >= 0.3 is 0 Å². The number of fused-ring (bicyclic) bond motifs is 3. The molecule has 0 saturated carbocycles. The van der Waals surface area contributed by atoms with Crippen LogP contribution in [0.15, 0.2) is 97.1 Å². The van der Waals surface area contributed by atoms with E-state index in [0.717, 1.165) is 22.6 Å². The Kier molecular flexibility index (Phi) is 4.79. The van der Waals surface area contributed by atoms with Crippen LogP contribution in [0, 0.1) is 6.92 Å². The third-order valence-electron chi connectivity index (χ3n) is 5.19. The topological polar surface area (TPSA) is 18.5 Å². The molecule has 4 aromatic carbocycles. The van der Waals surface area contributed by atoms with Crippen molar-refractivity contribution in [2.45, 2.75) is 6.92 Å². The molecule has 0 aromatic heterocycles. The molecule has 0 spiro atoms. The van der Waals surface area contributed by atoms with Gasteiger partial charge in [0.25, 0.3) is 0 Å². The molecule has 142 valence electrons. The molecule has 1 aliphatic rings. The Bertz CT molecular complexity index is 1100. The van der Waals surface area contributed by atoms with E-state index in [4.69, 9.17) is 9.47 Å². The van der Waals surface area contributed by atoms with Crippen LogP contribution in [0.2, 0.25) is 0 Å². The van der Waals surface area contributed by atoms with E-state index in [-0.39, 0.29) is 6.79 Å². The maximum atomic E-state index is 6.04. The molecule has 0 unspecified atom stereocenters. The van der Waals surface area contributed by atoms with E-state index >= 15 is 0 Å². The Balaban J connectivity index is 1.82. The van der Waals surface area contributed by atoms with Crippen LogP contribution in [0.4, 0.5) is 0 Å². The molecule has 1 heterocycles. The first-order valence-electron chi connectivity index (χ1n) is 9.72. The van der Waals surface area contributed by atoms with Gasteiger partial charge in [0.05, 0.1) is 0 Å². The second kappa shape index (κ2) is 7.73. The number of benzene rings is 4. The molecule has 3 heteroatoms. The minimum absolute atomic E-state index is 0.224. The first-order chi connectivity index (χ1) is 14.3. The van der Waals surface area contributed by atoms with E-state index in [9.17, 15) is 0 Å². The third kappa shape index (κ3) is 3.30. The monoisotopic (exact) mass is 396 g/mol. The molecule has 0 N–H and O–H groups in total. The molecule has 2 nitrogen and oxygen atoms in total. The average Bonchev–Trinajstić information content (AvgIpc) is 2.96. The Morgan fingerprint density at radius 2 is 1.14 bits per heavy atom. The third-order valence-corrected chi connectivity index (χ3v) is 7.67. The molecule has 5 rings (SSSR count). The second-order valence-corrected chi connectivity index (χ2v) is 9.20. The zero-order valence-electron chi connectivity index (χ0n) is 16.2. The summed E-state index contributed by atoms with van der Waals surface area (Å²) in [6.45, 7) is 2.36. The van der Waals surface area contributed by atoms with E-state index < -0.39 is 7.92 Å². The number of rotatable bonds is 3. The number of hydrogen-bond acceptors (Lipinski definition) is 2. The van der Waals surface area contributed by atoms with Crippen molar-refractivity contribution in [1.82, 2.24) is 0 Å². The van der Waals surface area contributed by atoms with E-state index in [1.54, 1.807) is 0 Å². The van der Waals surface area contributed by atoms with Crippen LogP contribution >= 0.6 is 7.92 Å². The molecule has 0 saturated heterocycles. The molecule has 0 amide bonds. The summed E-state index contributed by atoms with van der Waals surface area (Å²) in [6.07, 6.45) is 0. The second-order valence-electron chi connectivity index (χ2n) is 7.01. The van der Waals surface area contributed by atoms with Crippen LogP contribution < -0.4 is 25.4 Å². The Labute approximate surface area is 172 Å². The van der Waals surface area contributed by atoms with E-state index in [1.807, 2.05) is 18.2 Å². The molecule has 0 aliphatic carbocycles. The molecule has 0 atom stereocenters. The molecule has 0 fully saturated rings. The quantitative estimate of drug-likeness (QED) is 0.446. The van der Waals surface area contributed by atoms with Gasteiger partial charge in [-0.05, 0) is 48.5 Å². The first kappa shape index (κ1) is 18.0. The van der Waals surface area contributed by atoms with Gasteiger partial charge in [0.15, 0.2) is 0 Å². The zero-order valence-corrected chi connectivity index (χ0v) is 17.1. The van der Waals surface area contributed by atoms with Gasteiger partial charge in [-0.3, -0.25) is 0 Å². The summed E-state index contributed by atoms with van der Waals surface area (Å²) in [5, 5.41) is 3.93. The highest BCUT2D eigenvalue weighted by Gasteiger charge is 2.27. The first-order valence-corrected chi connectivity index (χ1v) is 11.1. The Hall–Kier alpha value is -3.09. The fourth-order valence-electron chi connectivity index (χ4n) is 3.90. The molecule has 0 radical (unpaired) electrons. The standard InChI is InChI=1S/C26H21O2P/c1-19-10-8-15-22-25(19)26-23(28-18-27-22)16-9-17-24(26)29(20-11-4-2-5-12-20)21-13-6-3-7-14-21/h2-17H,18H2,1H3. The van der Waals surface area contributed by atoms with Crippen molar-refractivity contribution in [2.75, 3.05) is 6.79 Å². The van der Waals surface area contributed by atoms with Crippen LogP contribution in [0.25, 0.3) is 11.1 Å². The summed E-state index contributed by atoms with van der Waals surface area (Å²) in [5.41, 5.74) is 3.48. The normalized spacial score (nSPS) is 12.3. The van der Waals surface area contributed by atoms with Crippen molar-refractivity contribution in [3.8, 4) is 22.6 Å². The summed E-state index contributed by atoms with van der Waals surface area (Å²) >= 11 is 0. The van der Waals surface area contributed by atoms with Crippen molar-refractivity contribution in [1.29, 1.82) is 0 Å². The van der Waals surface area contributed by atoms with Gasteiger partial charge in [-0.15, -0.1) is 0 Å². The number of aryl methyl sites for hydroxylation is 1. The van der Waals surface area contributed by atoms with Gasteiger partial charge in [-0.25, -0.2) is 0 Å². The number of ether oxygens (including phenoxy) is 2. The fourth-order valence-corrected chi connectivity index (χ4v) is 6.37. The van der Waals surface area contributed by atoms with Crippen molar-refractivity contribution >= 4 is 23.8 Å². The minimum Gasteiger partial charge on any atom is -0.457 e. The van der Waals surface area contributed by atoms with Crippen LogP contribution in [-0.4, -0.2) is 6.79 Å². The molecular weight excluding hydrogens is 375 g/mol. The maximum Gasteiger partial charge on any atom is 0.230 e. The lowest BCUT2D eigenvalue weighted by atomic mass is 9.98. The van der Waals surface area contributed by atoms with Crippen molar-refractivity contribution < 1.29 is 9.47 Å². The van der Waals surface area contributed by atoms with Gasteiger partial charge < -0.3 is 9.47 Å². The van der Waals surface area contributed by atoms with Crippen molar-refractivity contribution in [3.63, 3.8) is 0 Å². The Morgan fingerprint density at radius 3 is 1.76 bits per heavy atom. The molecule has 0 bridgehead atoms. The lowest BCUT2D eigenvalue weighted by Gasteiger charge is -2.24. The average molecular weight is 396 g/mol. The predicted molar refractivity (Wildman–Crippen MR) is 121 cm³/mol. The molecule has 29 heavy (non-hydrogen) atoms. The highest BCUT2D eigenvalue weighted by molar-refractivity contribution is 7.80. The SMILES string of the molecule is Cc1cccc2c1-c1c(cccc1P(c1ccccc1)c1ccccc1)OCO2. The van der Waals surface area contributed by atoms with E-state index in [1.165, 1.54) is 21.5 Å². The summed E-state index contributed by atoms with van der Waals surface area (Å²) in [4.78, 5) is 0. The zero-order chi connectivity index (χ0) is 19.6. The summed E-state index contributed by atoms with van der Waals surface area (Å²) in [7, 11) is -0.745. The summed E-state index contributed by atoms with van der Waals surface area (Å²) in [5.74, 6) is 1.77. The van der Waals surface area contributed by atoms with Crippen molar-refractivity contribution in [2.24, 2.45) is 0 Å². The highest BCUT2D eigenvalue weighted by Crippen LogP contribution is 2.45. The lowest BCUT2D eigenvalue weighted by Crippen LogP contribution is -2.22. The Morgan fingerprint density at radius 1 is 0.586 bits per heavy atom. The van der Waals surface area contributed by atoms with Gasteiger partial charge in [0, 0.05) is 11.1 Å². The van der Waals surface area contributed by atoms with Crippen LogP contribution in [0.5, 0.6) is 11.5 Å². The van der Waals surface area contributed by atoms with Crippen LogP contribution in [0.3, 0.4) is 0 Å². The smallest absolute Gasteiger partial charge is 0.230 e. The summed E-state index contributed by atoms with van der Waals surface area (Å²) in [6, 6.07) is 34.1. The molecule has 1 aliphatic heterocycles. The molecule has 4 aromatic rings. The van der Waals surface area contributed by atoms with Gasteiger partial charge in [-0.1, -0.05) is 84.9 Å². The summed E-state index contributed by atoms with van der Waals surface area (Å²) < 4.78 is 12.0. The van der Waals surface area contributed by atoms with Gasteiger partial charge in [0.1, 0.15) is 11.5 Å². The lowest BCUT2D eigenvalue weighted by molar-refractivity contribution is 0.125. The largest absolute Gasteiger partial charge is 0.457 e. The molecular formula is C26H21O2P. The van der Waals surface area contributed by atoms with Gasteiger partial charge in [-0.2, -0.15) is 0 Å². The van der Waals surface area contributed by atoms with Gasteiger partial charge in [0.2, 0.25) is 6.79 Å². The van der Waals surface area contributed by atoms with E-state index in [0.29, 0.717) is 0 Å². The van der Waals surface area contributed by atoms with Crippen LogP contribution in [0.1, 0.15) is 5.56 Å². The highest BCUT2D eigenvalue weighted by atomic mass is 31.1. The van der Waals surface area contributed by atoms with Crippen molar-refractivity contribution in [3.05, 3.63) is 103 Å². The fraction of sp³-hybridized carbons (Fsp3) is 0.0769. The van der Waals surface area contributed by atoms with Crippen LogP contribution in [-0.2, 0) is 0 Å². The minimum atomic E-state index is -0.745. The predicted octanol–water partition coefficient (Wildman–Crippen LogP) is 5.15. The maximum absolute atomic E-state index is 6.04.